The number of benzene rings is 3. The monoisotopic (exact) mass is 421 g/mol. The van der Waals surface area contributed by atoms with Crippen molar-refractivity contribution in [3.05, 3.63) is 119 Å². The third kappa shape index (κ3) is 5.55. The average molecular weight is 421 g/mol. The molecule has 1 aliphatic heterocycles. The van der Waals surface area contributed by atoms with Crippen molar-refractivity contribution in [2.45, 2.75) is 0 Å². The van der Waals surface area contributed by atoms with Crippen molar-refractivity contribution in [2.24, 2.45) is 4.99 Å². The second-order valence-corrected chi connectivity index (χ2v) is 6.82. The van der Waals surface area contributed by atoms with Crippen LogP contribution in [-0.4, -0.2) is 17.8 Å². The van der Waals surface area contributed by atoms with Crippen molar-refractivity contribution in [3.8, 4) is 5.75 Å². The Hall–Kier alpha value is -4.51. The molecular formula is C27H19NO4. The zero-order chi connectivity index (χ0) is 22.2. The molecule has 0 unspecified atom stereocenters. The summed E-state index contributed by atoms with van der Waals surface area (Å²) in [4.78, 5) is 28.7. The van der Waals surface area contributed by atoms with Crippen molar-refractivity contribution in [1.29, 1.82) is 0 Å². The van der Waals surface area contributed by atoms with Gasteiger partial charge < -0.3 is 9.47 Å². The predicted molar refractivity (Wildman–Crippen MR) is 125 cm³/mol. The molecule has 0 aromatic heterocycles. The fourth-order valence-corrected chi connectivity index (χ4v) is 2.94. The molecule has 0 atom stereocenters. The molecule has 0 aliphatic carbocycles. The van der Waals surface area contributed by atoms with Crippen molar-refractivity contribution in [3.63, 3.8) is 0 Å². The van der Waals surface area contributed by atoms with Crippen LogP contribution in [0.4, 0.5) is 0 Å². The summed E-state index contributed by atoms with van der Waals surface area (Å²) in [5, 5.41) is 0. The van der Waals surface area contributed by atoms with Crippen LogP contribution in [0.15, 0.2) is 108 Å². The number of rotatable bonds is 6. The number of carbonyl (C=O) groups is 2. The van der Waals surface area contributed by atoms with E-state index in [2.05, 4.69) is 4.99 Å². The van der Waals surface area contributed by atoms with E-state index in [0.717, 1.165) is 11.1 Å². The van der Waals surface area contributed by atoms with Crippen LogP contribution in [0.5, 0.6) is 5.75 Å². The first-order valence-corrected chi connectivity index (χ1v) is 9.97. The van der Waals surface area contributed by atoms with E-state index in [0.29, 0.717) is 11.3 Å². The van der Waals surface area contributed by atoms with Gasteiger partial charge in [0.2, 0.25) is 5.90 Å². The lowest BCUT2D eigenvalue weighted by molar-refractivity contribution is -0.130. The maximum Gasteiger partial charge on any atom is 0.363 e. The highest BCUT2D eigenvalue weighted by molar-refractivity contribution is 6.11. The third-order valence-corrected chi connectivity index (χ3v) is 4.49. The van der Waals surface area contributed by atoms with Crippen molar-refractivity contribution < 1.29 is 19.1 Å². The van der Waals surface area contributed by atoms with Gasteiger partial charge in [-0.1, -0.05) is 78.9 Å². The van der Waals surface area contributed by atoms with Crippen LogP contribution in [0.1, 0.15) is 16.7 Å². The highest BCUT2D eigenvalue weighted by Gasteiger charge is 2.22. The zero-order valence-corrected chi connectivity index (χ0v) is 17.0. The molecule has 156 valence electrons. The quantitative estimate of drug-likeness (QED) is 0.307. The molecule has 3 aromatic carbocycles. The van der Waals surface area contributed by atoms with Gasteiger partial charge >= 0.3 is 11.9 Å². The molecule has 0 radical (unpaired) electrons. The molecule has 0 saturated heterocycles. The Morgan fingerprint density at radius 3 is 2.12 bits per heavy atom. The summed E-state index contributed by atoms with van der Waals surface area (Å²) in [5.41, 5.74) is 2.52. The molecule has 5 nitrogen and oxygen atoms in total. The van der Waals surface area contributed by atoms with Crippen molar-refractivity contribution in [2.75, 3.05) is 0 Å². The first-order chi connectivity index (χ1) is 15.7. The van der Waals surface area contributed by atoms with Gasteiger partial charge in [0, 0.05) is 17.7 Å². The zero-order valence-electron chi connectivity index (χ0n) is 17.0. The molecule has 32 heavy (non-hydrogen) atoms. The Morgan fingerprint density at radius 1 is 0.781 bits per heavy atom. The molecule has 0 N–H and O–H groups in total. The molecule has 0 bridgehead atoms. The predicted octanol–water partition coefficient (Wildman–Crippen LogP) is 5.32. The number of ether oxygens (including phenoxy) is 2. The van der Waals surface area contributed by atoms with Gasteiger partial charge in [-0.25, -0.2) is 14.6 Å². The largest absolute Gasteiger partial charge is 0.423 e. The van der Waals surface area contributed by atoms with Gasteiger partial charge in [0.25, 0.3) is 0 Å². The van der Waals surface area contributed by atoms with Gasteiger partial charge in [-0.2, -0.15) is 0 Å². The van der Waals surface area contributed by atoms with E-state index in [1.54, 1.807) is 36.4 Å². The van der Waals surface area contributed by atoms with E-state index < -0.39 is 11.9 Å². The third-order valence-electron chi connectivity index (χ3n) is 4.49. The fourth-order valence-electron chi connectivity index (χ4n) is 2.94. The van der Waals surface area contributed by atoms with Crippen LogP contribution in [0, 0.1) is 0 Å². The number of carbonyl (C=O) groups excluding carboxylic acids is 2. The van der Waals surface area contributed by atoms with Crippen LogP contribution in [-0.2, 0) is 14.3 Å². The minimum atomic E-state index is -0.567. The van der Waals surface area contributed by atoms with E-state index >= 15 is 0 Å². The molecule has 0 spiro atoms. The molecule has 4 rings (SSSR count). The standard InChI is InChI=1S/C27H19NO4/c29-26(18-16-21-11-5-2-6-12-21)31-24-14-8-7-13-22(24)19-23-27(30)32-25(28-23)17-15-20-9-3-1-4-10-20/h1-19H/b17-15+,18-16+,23-19+. The lowest BCUT2D eigenvalue weighted by Gasteiger charge is -2.05. The first-order valence-electron chi connectivity index (χ1n) is 9.97. The summed E-state index contributed by atoms with van der Waals surface area (Å²) < 4.78 is 10.7. The topological polar surface area (TPSA) is 65.0 Å². The fraction of sp³-hybridized carbons (Fsp3) is 0. The number of aliphatic imine (C=N–C) groups is 1. The Bertz CT molecular complexity index is 1240. The molecule has 1 heterocycles. The molecule has 0 saturated carbocycles. The highest BCUT2D eigenvalue weighted by Crippen LogP contribution is 2.24. The maximum atomic E-state index is 12.3. The van der Waals surface area contributed by atoms with Gasteiger partial charge in [-0.15, -0.1) is 0 Å². The van der Waals surface area contributed by atoms with E-state index in [1.165, 1.54) is 12.2 Å². The van der Waals surface area contributed by atoms with Gasteiger partial charge in [0.05, 0.1) is 0 Å². The number of hydrogen-bond donors (Lipinski definition) is 0. The Morgan fingerprint density at radius 2 is 1.41 bits per heavy atom. The smallest absolute Gasteiger partial charge is 0.363 e. The second-order valence-electron chi connectivity index (χ2n) is 6.82. The van der Waals surface area contributed by atoms with Crippen LogP contribution >= 0.6 is 0 Å². The minimum absolute atomic E-state index is 0.126. The summed E-state index contributed by atoms with van der Waals surface area (Å²) in [6.45, 7) is 0. The molecule has 3 aromatic rings. The van der Waals surface area contributed by atoms with Gasteiger partial charge in [-0.05, 0) is 35.4 Å². The number of para-hydroxylation sites is 1. The number of hydrogen-bond acceptors (Lipinski definition) is 5. The van der Waals surface area contributed by atoms with Crippen LogP contribution in [0.25, 0.3) is 18.2 Å². The normalized spacial score (nSPS) is 14.7. The SMILES string of the molecule is O=C(/C=C/c1ccccc1)Oc1ccccc1/C=C1N=C(/C=C/c2ccccc2)OC/1=O. The van der Waals surface area contributed by atoms with Gasteiger partial charge in [0.15, 0.2) is 5.70 Å². The van der Waals surface area contributed by atoms with Gasteiger partial charge in [0.1, 0.15) is 5.75 Å². The minimum Gasteiger partial charge on any atom is -0.423 e. The Labute approximate surface area is 185 Å². The molecular weight excluding hydrogens is 402 g/mol. The highest BCUT2D eigenvalue weighted by atomic mass is 16.6. The maximum absolute atomic E-state index is 12.3. The molecule has 0 fully saturated rings. The van der Waals surface area contributed by atoms with Crippen LogP contribution < -0.4 is 4.74 Å². The van der Waals surface area contributed by atoms with E-state index in [1.807, 2.05) is 66.7 Å². The molecule has 1 aliphatic rings. The van der Waals surface area contributed by atoms with Crippen LogP contribution in [0.3, 0.4) is 0 Å². The lowest BCUT2D eigenvalue weighted by Crippen LogP contribution is -2.05. The van der Waals surface area contributed by atoms with Crippen molar-refractivity contribution in [1.82, 2.24) is 0 Å². The summed E-state index contributed by atoms with van der Waals surface area (Å²) in [6.07, 6.45) is 8.01. The molecule has 0 amide bonds. The summed E-state index contributed by atoms with van der Waals surface area (Å²) in [6, 6.07) is 26.0. The summed E-state index contributed by atoms with van der Waals surface area (Å²) in [5.74, 6) is -0.573. The number of nitrogens with zero attached hydrogens (tertiary/aromatic N) is 1. The summed E-state index contributed by atoms with van der Waals surface area (Å²) in [7, 11) is 0. The average Bonchev–Trinajstić information content (AvgIpc) is 3.18. The van der Waals surface area contributed by atoms with E-state index in [4.69, 9.17) is 9.47 Å². The van der Waals surface area contributed by atoms with Crippen LogP contribution in [0.2, 0.25) is 0 Å². The Kier molecular flexibility index (Phi) is 6.48. The summed E-state index contributed by atoms with van der Waals surface area (Å²) >= 11 is 0. The van der Waals surface area contributed by atoms with Crippen molar-refractivity contribution >= 4 is 36.1 Å². The first kappa shape index (κ1) is 20.8. The lowest BCUT2D eigenvalue weighted by atomic mass is 10.1. The Balaban J connectivity index is 1.50. The second kappa shape index (κ2) is 10.00. The van der Waals surface area contributed by atoms with E-state index in [-0.39, 0.29) is 11.6 Å². The molecule has 5 heteroatoms. The number of cyclic esters (lactones) is 1. The van der Waals surface area contributed by atoms with Gasteiger partial charge in [-0.3, -0.25) is 0 Å². The van der Waals surface area contributed by atoms with E-state index in [9.17, 15) is 9.59 Å². The number of esters is 2.